The van der Waals surface area contributed by atoms with Crippen molar-refractivity contribution in [3.63, 3.8) is 0 Å². The summed E-state index contributed by atoms with van der Waals surface area (Å²) in [5.74, 6) is -0.430. The Hall–Kier alpha value is -3.15. The van der Waals surface area contributed by atoms with Crippen LogP contribution in [0.1, 0.15) is 21.6 Å². The molecule has 4 aromatic rings. The summed E-state index contributed by atoms with van der Waals surface area (Å²) in [6, 6.07) is 15.9. The maximum Gasteiger partial charge on any atom is 0.433 e. The van der Waals surface area contributed by atoms with Crippen molar-refractivity contribution in [2.45, 2.75) is 10.4 Å². The van der Waals surface area contributed by atoms with Crippen LogP contribution >= 0.6 is 22.9 Å². The van der Waals surface area contributed by atoms with Gasteiger partial charge in [-0.1, -0.05) is 41.9 Å². The Bertz CT molecular complexity index is 1480. The third kappa shape index (κ3) is 4.86. The predicted molar refractivity (Wildman–Crippen MR) is 124 cm³/mol. The maximum atomic E-state index is 13.1. The number of sulfonamides is 1. The molecule has 0 fully saturated rings. The first-order valence-corrected chi connectivity index (χ1v) is 12.3. The Morgan fingerprint density at radius 2 is 1.76 bits per heavy atom. The fraction of sp³-hybridized carbons (Fsp3) is 0.0909. The molecule has 0 aliphatic carbocycles. The second-order valence-electron chi connectivity index (χ2n) is 7.15. The van der Waals surface area contributed by atoms with Gasteiger partial charge in [0, 0.05) is 23.2 Å². The Kier molecular flexibility index (Phi) is 6.28. The quantitative estimate of drug-likeness (QED) is 0.320. The van der Waals surface area contributed by atoms with Crippen LogP contribution in [0.2, 0.25) is 5.02 Å². The third-order valence-electron chi connectivity index (χ3n) is 4.78. The molecule has 0 saturated carbocycles. The zero-order valence-corrected chi connectivity index (χ0v) is 19.7. The van der Waals surface area contributed by atoms with Crippen LogP contribution in [0.15, 0.2) is 70.9 Å². The van der Waals surface area contributed by atoms with E-state index in [1.54, 1.807) is 30.3 Å². The zero-order chi connectivity index (χ0) is 24.7. The maximum absolute atomic E-state index is 13.1. The lowest BCUT2D eigenvalue weighted by atomic mass is 10.0. The Balaban J connectivity index is 1.66. The highest BCUT2D eigenvalue weighted by Gasteiger charge is 2.35. The Labute approximate surface area is 201 Å². The van der Waals surface area contributed by atoms with Crippen LogP contribution in [0.25, 0.3) is 10.6 Å². The molecule has 0 saturated heterocycles. The number of aryl methyl sites for hydroxylation is 1. The van der Waals surface area contributed by atoms with Crippen molar-refractivity contribution in [3.05, 3.63) is 88.6 Å². The molecule has 0 radical (unpaired) electrons. The largest absolute Gasteiger partial charge is 0.433 e. The van der Waals surface area contributed by atoms with E-state index in [1.165, 1.54) is 30.3 Å². The SMILES string of the molecule is Cn1nc(-c2ccc(S(=O)(=O)Nc3ccc(Cl)cc3C(=O)c3ccccc3)s2)cc1C(F)(F)F. The van der Waals surface area contributed by atoms with Gasteiger partial charge in [-0.15, -0.1) is 11.3 Å². The summed E-state index contributed by atoms with van der Waals surface area (Å²) in [6.45, 7) is 0. The molecule has 176 valence electrons. The molecule has 2 aromatic heterocycles. The minimum absolute atomic E-state index is 0.00675. The van der Waals surface area contributed by atoms with E-state index in [4.69, 9.17) is 11.6 Å². The van der Waals surface area contributed by atoms with E-state index in [0.717, 1.165) is 24.5 Å². The lowest BCUT2D eigenvalue weighted by Gasteiger charge is -2.12. The molecule has 34 heavy (non-hydrogen) atoms. The molecule has 2 heterocycles. The van der Waals surface area contributed by atoms with Gasteiger partial charge in [0.1, 0.15) is 15.6 Å². The number of aromatic nitrogens is 2. The molecule has 0 aliphatic heterocycles. The van der Waals surface area contributed by atoms with Gasteiger partial charge in [-0.3, -0.25) is 14.2 Å². The van der Waals surface area contributed by atoms with Gasteiger partial charge in [0.25, 0.3) is 10.0 Å². The standard InChI is InChI=1S/C22H15ClF3N3O3S2/c1-29-19(22(24,25)26)12-17(27-29)18-9-10-20(33-18)34(31,32)28-16-8-7-14(23)11-15(16)21(30)13-5-3-2-4-6-13/h2-12,28H,1H3. The summed E-state index contributed by atoms with van der Waals surface area (Å²) in [6.07, 6.45) is -4.59. The minimum Gasteiger partial charge on any atom is -0.289 e. The number of nitrogens with zero attached hydrogens (tertiary/aromatic N) is 2. The van der Waals surface area contributed by atoms with Gasteiger partial charge in [0.05, 0.1) is 10.6 Å². The van der Waals surface area contributed by atoms with Crippen molar-refractivity contribution < 1.29 is 26.4 Å². The number of halogens is 4. The number of carbonyl (C=O) groups is 1. The molecule has 0 spiro atoms. The summed E-state index contributed by atoms with van der Waals surface area (Å²) < 4.78 is 68.2. The summed E-state index contributed by atoms with van der Waals surface area (Å²) in [4.78, 5) is 13.2. The summed E-state index contributed by atoms with van der Waals surface area (Å²) in [5, 5.41) is 4.09. The highest BCUT2D eigenvalue weighted by atomic mass is 35.5. The molecule has 0 amide bonds. The Morgan fingerprint density at radius 1 is 1.06 bits per heavy atom. The van der Waals surface area contributed by atoms with Gasteiger partial charge in [0.2, 0.25) is 0 Å². The Morgan fingerprint density at radius 3 is 2.41 bits per heavy atom. The third-order valence-corrected chi connectivity index (χ3v) is 7.98. The molecule has 0 aliphatic rings. The van der Waals surface area contributed by atoms with Crippen molar-refractivity contribution in [1.82, 2.24) is 9.78 Å². The van der Waals surface area contributed by atoms with Crippen molar-refractivity contribution >= 4 is 44.4 Å². The number of anilines is 1. The number of thiophene rings is 1. The van der Waals surface area contributed by atoms with Crippen LogP contribution in [-0.4, -0.2) is 24.0 Å². The number of benzene rings is 2. The fourth-order valence-electron chi connectivity index (χ4n) is 3.19. The number of carbonyl (C=O) groups excluding carboxylic acids is 1. The second-order valence-corrected chi connectivity index (χ2v) is 10.6. The highest BCUT2D eigenvalue weighted by molar-refractivity contribution is 7.94. The summed E-state index contributed by atoms with van der Waals surface area (Å²) in [5.41, 5.74) is -0.542. The average Bonchev–Trinajstić information content (AvgIpc) is 3.42. The van der Waals surface area contributed by atoms with Gasteiger partial charge >= 0.3 is 6.18 Å². The first-order valence-electron chi connectivity index (χ1n) is 9.59. The highest BCUT2D eigenvalue weighted by Crippen LogP contribution is 2.36. The first kappa shape index (κ1) is 24.0. The van der Waals surface area contributed by atoms with Gasteiger partial charge in [0.15, 0.2) is 5.78 Å². The van der Waals surface area contributed by atoms with Gasteiger partial charge < -0.3 is 0 Å². The number of rotatable bonds is 6. The van der Waals surface area contributed by atoms with Gasteiger partial charge in [-0.2, -0.15) is 18.3 Å². The van der Waals surface area contributed by atoms with Crippen LogP contribution < -0.4 is 4.72 Å². The molecule has 2 aromatic carbocycles. The smallest absolute Gasteiger partial charge is 0.289 e. The van der Waals surface area contributed by atoms with E-state index in [2.05, 4.69) is 9.82 Å². The predicted octanol–water partition coefficient (Wildman–Crippen LogP) is 5.85. The molecule has 4 rings (SSSR count). The molecule has 6 nitrogen and oxygen atoms in total. The van der Waals surface area contributed by atoms with Crippen molar-refractivity contribution in [3.8, 4) is 10.6 Å². The molecule has 1 N–H and O–H groups in total. The topological polar surface area (TPSA) is 81.1 Å². The number of hydrogen-bond donors (Lipinski definition) is 1. The van der Waals surface area contributed by atoms with Crippen molar-refractivity contribution in [2.24, 2.45) is 7.05 Å². The number of hydrogen-bond acceptors (Lipinski definition) is 5. The lowest BCUT2D eigenvalue weighted by molar-refractivity contribution is -0.143. The lowest BCUT2D eigenvalue weighted by Crippen LogP contribution is -2.15. The molecular formula is C22H15ClF3N3O3S2. The summed E-state index contributed by atoms with van der Waals surface area (Å²) in [7, 11) is -3.01. The first-order chi connectivity index (χ1) is 16.0. The number of alkyl halides is 3. The molecular weight excluding hydrogens is 511 g/mol. The van der Waals surface area contributed by atoms with Crippen molar-refractivity contribution in [2.75, 3.05) is 4.72 Å². The normalized spacial score (nSPS) is 12.0. The van der Waals surface area contributed by atoms with Crippen LogP contribution in [0.4, 0.5) is 18.9 Å². The van der Waals surface area contributed by atoms with Crippen LogP contribution in [0, 0.1) is 0 Å². The molecule has 12 heteroatoms. The van der Waals surface area contributed by atoms with Crippen LogP contribution in [0.3, 0.4) is 0 Å². The number of nitrogens with one attached hydrogen (secondary N) is 1. The van der Waals surface area contributed by atoms with E-state index in [1.807, 2.05) is 0 Å². The van der Waals surface area contributed by atoms with Crippen LogP contribution in [0.5, 0.6) is 0 Å². The fourth-order valence-corrected chi connectivity index (χ4v) is 5.70. The van der Waals surface area contributed by atoms with Crippen molar-refractivity contribution in [1.29, 1.82) is 0 Å². The molecule has 0 bridgehead atoms. The zero-order valence-electron chi connectivity index (χ0n) is 17.3. The van der Waals surface area contributed by atoms with Crippen LogP contribution in [-0.2, 0) is 23.2 Å². The van der Waals surface area contributed by atoms with E-state index in [9.17, 15) is 26.4 Å². The van der Waals surface area contributed by atoms with Gasteiger partial charge in [-0.05, 0) is 36.4 Å². The molecule has 0 atom stereocenters. The minimum atomic E-state index is -4.59. The molecule has 0 unspecified atom stereocenters. The second kappa shape index (κ2) is 8.90. The summed E-state index contributed by atoms with van der Waals surface area (Å²) >= 11 is 6.79. The van der Waals surface area contributed by atoms with E-state index >= 15 is 0 Å². The van der Waals surface area contributed by atoms with E-state index < -0.39 is 27.7 Å². The average molecular weight is 526 g/mol. The number of ketones is 1. The van der Waals surface area contributed by atoms with E-state index in [0.29, 0.717) is 10.2 Å². The van der Waals surface area contributed by atoms with Gasteiger partial charge in [-0.25, -0.2) is 8.42 Å². The van der Waals surface area contributed by atoms with E-state index in [-0.39, 0.29) is 31.1 Å². The monoisotopic (exact) mass is 525 g/mol.